The van der Waals surface area contributed by atoms with Gasteiger partial charge in [0.15, 0.2) is 0 Å². The van der Waals surface area contributed by atoms with Crippen LogP contribution in [0.4, 0.5) is 0 Å². The largest absolute Gasteiger partial charge is 0.460 e. The number of nitrogens with one attached hydrogen (secondary N) is 1. The number of carbonyl (C=O) groups excluding carboxylic acids is 1. The zero-order chi connectivity index (χ0) is 12.5. The normalized spacial score (nSPS) is 11.4. The highest BCUT2D eigenvalue weighted by atomic mass is 35.5. The number of hydrogen-bond acceptors (Lipinski definition) is 3. The van der Waals surface area contributed by atoms with E-state index >= 15 is 0 Å². The van der Waals surface area contributed by atoms with Crippen molar-refractivity contribution in [3.63, 3.8) is 0 Å². The Hall–Kier alpha value is -1.06. The summed E-state index contributed by atoms with van der Waals surface area (Å²) >= 11 is 0. The van der Waals surface area contributed by atoms with Gasteiger partial charge in [-0.2, -0.15) is 0 Å². The average Bonchev–Trinajstić information content (AvgIpc) is 2.37. The van der Waals surface area contributed by atoms with E-state index < -0.39 is 0 Å². The Morgan fingerprint density at radius 3 is 2.50 bits per heavy atom. The predicted octanol–water partition coefficient (Wildman–Crippen LogP) is 2.93. The Labute approximate surface area is 115 Å². The van der Waals surface area contributed by atoms with Gasteiger partial charge in [0.1, 0.15) is 12.6 Å². The Bertz CT molecular complexity index is 324. The smallest absolute Gasteiger partial charge is 0.323 e. The van der Waals surface area contributed by atoms with Gasteiger partial charge in [-0.1, -0.05) is 50.6 Å². The van der Waals surface area contributed by atoms with Crippen LogP contribution >= 0.6 is 12.4 Å². The number of halogens is 1. The minimum Gasteiger partial charge on any atom is -0.460 e. The van der Waals surface area contributed by atoms with E-state index in [1.807, 2.05) is 37.3 Å². The molecule has 0 aliphatic rings. The Kier molecular flexibility index (Phi) is 9.33. The van der Waals surface area contributed by atoms with Crippen LogP contribution in [-0.2, 0) is 16.1 Å². The van der Waals surface area contributed by atoms with Gasteiger partial charge in [-0.05, 0) is 18.5 Å². The fourth-order valence-electron chi connectivity index (χ4n) is 1.67. The van der Waals surface area contributed by atoms with Crippen LogP contribution in [0.1, 0.15) is 32.3 Å². The molecule has 1 N–H and O–H groups in total. The van der Waals surface area contributed by atoms with Gasteiger partial charge in [0.05, 0.1) is 0 Å². The molecule has 0 spiro atoms. The van der Waals surface area contributed by atoms with Gasteiger partial charge in [0.25, 0.3) is 0 Å². The minimum atomic E-state index is -0.172. The molecular formula is C14H22ClNO2. The first-order chi connectivity index (χ1) is 8.27. The van der Waals surface area contributed by atoms with E-state index in [1.54, 1.807) is 0 Å². The zero-order valence-corrected chi connectivity index (χ0v) is 11.8. The van der Waals surface area contributed by atoms with Crippen molar-refractivity contribution in [1.29, 1.82) is 0 Å². The van der Waals surface area contributed by atoms with Crippen LogP contribution in [0.3, 0.4) is 0 Å². The third-order valence-corrected chi connectivity index (χ3v) is 2.54. The number of likely N-dealkylation sites (N-methyl/N-ethyl adjacent to an activating group) is 1. The highest BCUT2D eigenvalue weighted by molar-refractivity contribution is 5.85. The predicted molar refractivity (Wildman–Crippen MR) is 75.9 cm³/mol. The molecule has 102 valence electrons. The molecule has 18 heavy (non-hydrogen) atoms. The molecule has 0 amide bonds. The van der Waals surface area contributed by atoms with Crippen molar-refractivity contribution < 1.29 is 9.53 Å². The summed E-state index contributed by atoms with van der Waals surface area (Å²) in [5.74, 6) is -0.155. The summed E-state index contributed by atoms with van der Waals surface area (Å²) in [6.07, 6.45) is 1.79. The van der Waals surface area contributed by atoms with Crippen molar-refractivity contribution in [1.82, 2.24) is 5.32 Å². The van der Waals surface area contributed by atoms with Crippen LogP contribution in [0.2, 0.25) is 0 Å². The van der Waals surface area contributed by atoms with Crippen molar-refractivity contribution in [2.24, 2.45) is 0 Å². The lowest BCUT2D eigenvalue weighted by molar-refractivity contribution is -0.147. The maximum absolute atomic E-state index is 11.8. The molecule has 0 aliphatic heterocycles. The van der Waals surface area contributed by atoms with E-state index in [4.69, 9.17) is 4.74 Å². The third kappa shape index (κ3) is 6.03. The summed E-state index contributed by atoms with van der Waals surface area (Å²) in [5.41, 5.74) is 1.02. The molecule has 0 saturated heterocycles. The summed E-state index contributed by atoms with van der Waals surface area (Å²) in [6, 6.07) is 9.57. The lowest BCUT2D eigenvalue weighted by Crippen LogP contribution is -2.37. The van der Waals surface area contributed by atoms with Gasteiger partial charge in [0, 0.05) is 0 Å². The van der Waals surface area contributed by atoms with Crippen LogP contribution in [-0.4, -0.2) is 18.6 Å². The van der Waals surface area contributed by atoms with Crippen LogP contribution in [0, 0.1) is 0 Å². The Morgan fingerprint density at radius 2 is 1.94 bits per heavy atom. The van der Waals surface area contributed by atoms with Crippen molar-refractivity contribution in [2.75, 3.05) is 6.54 Å². The molecule has 3 nitrogen and oxygen atoms in total. The number of hydrogen-bond donors (Lipinski definition) is 1. The zero-order valence-electron chi connectivity index (χ0n) is 11.0. The average molecular weight is 272 g/mol. The Morgan fingerprint density at radius 1 is 1.28 bits per heavy atom. The van der Waals surface area contributed by atoms with Crippen LogP contribution in [0.15, 0.2) is 30.3 Å². The van der Waals surface area contributed by atoms with E-state index in [0.29, 0.717) is 6.61 Å². The first-order valence-corrected chi connectivity index (χ1v) is 6.21. The fourth-order valence-corrected chi connectivity index (χ4v) is 1.67. The van der Waals surface area contributed by atoms with Crippen molar-refractivity contribution >= 4 is 18.4 Å². The molecule has 4 heteroatoms. The first kappa shape index (κ1) is 16.9. The van der Waals surface area contributed by atoms with Gasteiger partial charge < -0.3 is 10.1 Å². The van der Waals surface area contributed by atoms with Gasteiger partial charge in [-0.25, -0.2) is 0 Å². The molecule has 0 radical (unpaired) electrons. The quantitative estimate of drug-likeness (QED) is 0.775. The summed E-state index contributed by atoms with van der Waals surface area (Å²) < 4.78 is 5.29. The molecule has 0 unspecified atom stereocenters. The maximum atomic E-state index is 11.8. The summed E-state index contributed by atoms with van der Waals surface area (Å²) in [5, 5.41) is 3.15. The molecule has 0 saturated carbocycles. The van der Waals surface area contributed by atoms with Crippen LogP contribution < -0.4 is 5.32 Å². The van der Waals surface area contributed by atoms with Gasteiger partial charge in [-0.15, -0.1) is 12.4 Å². The number of esters is 1. The molecule has 0 fully saturated rings. The molecule has 1 aromatic rings. The topological polar surface area (TPSA) is 38.3 Å². The first-order valence-electron chi connectivity index (χ1n) is 6.21. The van der Waals surface area contributed by atoms with Crippen LogP contribution in [0.25, 0.3) is 0 Å². The van der Waals surface area contributed by atoms with Gasteiger partial charge in [-0.3, -0.25) is 4.79 Å². The highest BCUT2D eigenvalue weighted by Gasteiger charge is 2.17. The minimum absolute atomic E-state index is 0. The lowest BCUT2D eigenvalue weighted by atomic mass is 10.1. The maximum Gasteiger partial charge on any atom is 0.323 e. The molecule has 0 bridgehead atoms. The van der Waals surface area contributed by atoms with Gasteiger partial charge >= 0.3 is 5.97 Å². The Balaban J connectivity index is 0.00000289. The molecular weight excluding hydrogens is 250 g/mol. The van der Waals surface area contributed by atoms with E-state index in [2.05, 4.69) is 12.2 Å². The van der Waals surface area contributed by atoms with Crippen molar-refractivity contribution in [3.8, 4) is 0 Å². The molecule has 0 aromatic heterocycles. The molecule has 0 aliphatic carbocycles. The van der Waals surface area contributed by atoms with Crippen molar-refractivity contribution in [2.45, 2.75) is 39.3 Å². The molecule has 0 heterocycles. The van der Waals surface area contributed by atoms with E-state index in [9.17, 15) is 4.79 Å². The number of carbonyl (C=O) groups is 1. The number of benzene rings is 1. The van der Waals surface area contributed by atoms with Crippen LogP contribution in [0.5, 0.6) is 0 Å². The van der Waals surface area contributed by atoms with E-state index in [-0.39, 0.29) is 24.4 Å². The number of rotatable bonds is 7. The summed E-state index contributed by atoms with van der Waals surface area (Å²) in [6.45, 7) is 5.19. The second kappa shape index (κ2) is 9.92. The summed E-state index contributed by atoms with van der Waals surface area (Å²) in [7, 11) is 0. The van der Waals surface area contributed by atoms with E-state index in [1.165, 1.54) is 0 Å². The van der Waals surface area contributed by atoms with Crippen molar-refractivity contribution in [3.05, 3.63) is 35.9 Å². The second-order valence-electron chi connectivity index (χ2n) is 3.99. The van der Waals surface area contributed by atoms with Gasteiger partial charge in [0.2, 0.25) is 0 Å². The number of ether oxygens (including phenoxy) is 1. The molecule has 1 atom stereocenters. The fraction of sp³-hybridized carbons (Fsp3) is 0.500. The monoisotopic (exact) mass is 271 g/mol. The SMILES string of the molecule is CCC[C@@H](NCC)C(=O)OCc1ccccc1.Cl. The molecule has 1 aromatic carbocycles. The third-order valence-electron chi connectivity index (χ3n) is 2.54. The highest BCUT2D eigenvalue weighted by Crippen LogP contribution is 2.04. The second-order valence-corrected chi connectivity index (χ2v) is 3.99. The molecule has 1 rings (SSSR count). The van der Waals surface area contributed by atoms with E-state index in [0.717, 1.165) is 24.9 Å². The lowest BCUT2D eigenvalue weighted by Gasteiger charge is -2.15. The standard InChI is InChI=1S/C14H21NO2.ClH/c1-3-8-13(15-4-2)14(16)17-11-12-9-6-5-7-10-12;/h5-7,9-10,13,15H,3-4,8,11H2,1-2H3;1H/t13-;/m1./s1. The summed E-state index contributed by atoms with van der Waals surface area (Å²) in [4.78, 5) is 11.8.